The van der Waals surface area contributed by atoms with Crippen LogP contribution < -0.4 is 10.6 Å². The van der Waals surface area contributed by atoms with Crippen molar-refractivity contribution in [2.24, 2.45) is 0 Å². The molecule has 214 valence electrons. The Morgan fingerprint density at radius 3 is 2.12 bits per heavy atom. The van der Waals surface area contributed by atoms with Crippen molar-refractivity contribution < 1.29 is 29.0 Å². The van der Waals surface area contributed by atoms with Gasteiger partial charge < -0.3 is 25.2 Å². The van der Waals surface area contributed by atoms with Crippen molar-refractivity contribution in [2.45, 2.75) is 31.6 Å². The first-order valence-corrected chi connectivity index (χ1v) is 14.2. The van der Waals surface area contributed by atoms with Crippen LogP contribution in [0.3, 0.4) is 0 Å². The molecule has 2 amide bonds. The number of halogens is 1. The van der Waals surface area contributed by atoms with E-state index in [4.69, 9.17) is 9.47 Å². The molecule has 4 aromatic rings. The van der Waals surface area contributed by atoms with Crippen LogP contribution in [-0.2, 0) is 20.9 Å². The molecule has 0 heterocycles. The Balaban J connectivity index is 1.30. The number of carboxylic acids is 1. The lowest BCUT2D eigenvalue weighted by molar-refractivity contribution is -0.121. The molecule has 1 aliphatic rings. The Labute approximate surface area is 251 Å². The van der Waals surface area contributed by atoms with Gasteiger partial charge in [0.1, 0.15) is 12.6 Å². The van der Waals surface area contributed by atoms with Gasteiger partial charge >= 0.3 is 12.1 Å². The summed E-state index contributed by atoms with van der Waals surface area (Å²) < 4.78 is 12.1. The number of rotatable bonds is 10. The normalized spacial score (nSPS) is 13.4. The number of ether oxygens (including phenoxy) is 2. The number of carbonyl (C=O) groups is 3. The second-order valence-corrected chi connectivity index (χ2v) is 10.8. The van der Waals surface area contributed by atoms with E-state index in [-0.39, 0.29) is 24.7 Å². The lowest BCUT2D eigenvalue weighted by Gasteiger charge is -2.25. The van der Waals surface area contributed by atoms with Crippen LogP contribution in [0.1, 0.15) is 39.9 Å². The van der Waals surface area contributed by atoms with Crippen molar-refractivity contribution in [3.8, 4) is 11.1 Å². The van der Waals surface area contributed by atoms with Gasteiger partial charge in [-0.25, -0.2) is 9.59 Å². The average Bonchev–Trinajstić information content (AvgIpc) is 3.32. The SMILES string of the molecule is C[C@H](OCc1ccccc1)[C@@H](NC(=O)OCC1c2ccccc2-c2ccccc21)C(=O)Nc1ccc(C(=O)O)cc1Br. The van der Waals surface area contributed by atoms with E-state index in [1.807, 2.05) is 66.7 Å². The van der Waals surface area contributed by atoms with Crippen molar-refractivity contribution in [3.05, 3.63) is 124 Å². The molecule has 1 aliphatic carbocycles. The summed E-state index contributed by atoms with van der Waals surface area (Å²) in [4.78, 5) is 37.9. The molecule has 0 aromatic heterocycles. The lowest BCUT2D eigenvalue weighted by Crippen LogP contribution is -2.51. The van der Waals surface area contributed by atoms with E-state index < -0.39 is 30.1 Å². The molecule has 0 bridgehead atoms. The number of anilines is 1. The van der Waals surface area contributed by atoms with Gasteiger partial charge in [-0.2, -0.15) is 0 Å². The summed E-state index contributed by atoms with van der Waals surface area (Å²) in [5, 5.41) is 14.7. The summed E-state index contributed by atoms with van der Waals surface area (Å²) in [7, 11) is 0. The molecular weight excluding hydrogens is 600 g/mol. The number of aromatic carboxylic acids is 1. The maximum absolute atomic E-state index is 13.5. The molecule has 5 rings (SSSR count). The lowest BCUT2D eigenvalue weighted by atomic mass is 9.98. The van der Waals surface area contributed by atoms with Crippen molar-refractivity contribution >= 4 is 39.6 Å². The van der Waals surface area contributed by atoms with Crippen LogP contribution in [0, 0.1) is 0 Å². The molecule has 0 saturated carbocycles. The standard InChI is InChI=1S/C33H29BrN2O6/c1-20(41-18-21-9-3-2-4-10-21)30(31(37)35-29-16-15-22(32(38)39)17-28(29)34)36-33(40)42-19-27-25-13-7-5-11-23(25)24-12-6-8-14-26(24)27/h2-17,20,27,30H,18-19H2,1H3,(H,35,37)(H,36,40)(H,38,39)/t20-,30+/m0/s1. The Kier molecular flexibility index (Phi) is 9.00. The monoisotopic (exact) mass is 628 g/mol. The molecule has 0 aliphatic heterocycles. The number of carbonyl (C=O) groups excluding carboxylic acids is 2. The van der Waals surface area contributed by atoms with Gasteiger partial charge in [-0.3, -0.25) is 4.79 Å². The largest absolute Gasteiger partial charge is 0.478 e. The first-order valence-electron chi connectivity index (χ1n) is 13.4. The highest BCUT2D eigenvalue weighted by Gasteiger charge is 2.32. The number of nitrogens with one attached hydrogen (secondary N) is 2. The van der Waals surface area contributed by atoms with Gasteiger partial charge in [0.15, 0.2) is 0 Å². The highest BCUT2D eigenvalue weighted by molar-refractivity contribution is 9.10. The summed E-state index contributed by atoms with van der Waals surface area (Å²) >= 11 is 3.31. The Morgan fingerprint density at radius 1 is 0.881 bits per heavy atom. The van der Waals surface area contributed by atoms with Crippen LogP contribution in [0.15, 0.2) is 102 Å². The molecule has 4 aromatic carbocycles. The minimum atomic E-state index is -1.12. The molecule has 0 saturated heterocycles. The van der Waals surface area contributed by atoms with Crippen molar-refractivity contribution in [2.75, 3.05) is 11.9 Å². The molecule has 8 nitrogen and oxygen atoms in total. The molecule has 2 atom stereocenters. The fourth-order valence-corrected chi connectivity index (χ4v) is 5.50. The van der Waals surface area contributed by atoms with E-state index in [0.717, 1.165) is 27.8 Å². The minimum Gasteiger partial charge on any atom is -0.478 e. The van der Waals surface area contributed by atoms with Crippen LogP contribution >= 0.6 is 15.9 Å². The molecule has 9 heteroatoms. The number of hydrogen-bond donors (Lipinski definition) is 3. The van der Waals surface area contributed by atoms with Crippen LogP contribution in [0.5, 0.6) is 0 Å². The first kappa shape index (κ1) is 29.0. The number of fused-ring (bicyclic) bond motifs is 3. The Morgan fingerprint density at radius 2 is 1.50 bits per heavy atom. The van der Waals surface area contributed by atoms with Crippen LogP contribution in [0.2, 0.25) is 0 Å². The van der Waals surface area contributed by atoms with Gasteiger partial charge in [-0.1, -0.05) is 78.9 Å². The quantitative estimate of drug-likeness (QED) is 0.182. The van der Waals surface area contributed by atoms with Crippen molar-refractivity contribution in [1.29, 1.82) is 0 Å². The van der Waals surface area contributed by atoms with E-state index in [9.17, 15) is 19.5 Å². The fourth-order valence-electron chi connectivity index (χ4n) is 5.02. The summed E-state index contributed by atoms with van der Waals surface area (Å²) in [5.41, 5.74) is 5.71. The van der Waals surface area contributed by atoms with Gasteiger partial charge in [0.05, 0.1) is 24.0 Å². The zero-order chi connectivity index (χ0) is 29.6. The zero-order valence-electron chi connectivity index (χ0n) is 22.8. The van der Waals surface area contributed by atoms with Crippen LogP contribution in [0.4, 0.5) is 10.5 Å². The number of benzene rings is 4. The third-order valence-corrected chi connectivity index (χ3v) is 7.85. The molecule has 0 fully saturated rings. The highest BCUT2D eigenvalue weighted by Crippen LogP contribution is 2.44. The van der Waals surface area contributed by atoms with Gasteiger partial charge in [0.2, 0.25) is 5.91 Å². The van der Waals surface area contributed by atoms with E-state index >= 15 is 0 Å². The Hall–Kier alpha value is -4.47. The van der Waals surface area contributed by atoms with E-state index in [2.05, 4.69) is 38.7 Å². The van der Waals surface area contributed by atoms with E-state index in [0.29, 0.717) is 10.2 Å². The molecule has 0 unspecified atom stereocenters. The number of hydrogen-bond acceptors (Lipinski definition) is 5. The minimum absolute atomic E-state index is 0.0627. The summed E-state index contributed by atoms with van der Waals surface area (Å²) in [6.07, 6.45) is -1.49. The zero-order valence-corrected chi connectivity index (χ0v) is 24.3. The van der Waals surface area contributed by atoms with Gasteiger partial charge in [0.25, 0.3) is 0 Å². The smallest absolute Gasteiger partial charge is 0.407 e. The summed E-state index contributed by atoms with van der Waals surface area (Å²) in [5.74, 6) is -1.77. The van der Waals surface area contributed by atoms with Crippen LogP contribution in [-0.4, -0.2) is 41.8 Å². The van der Waals surface area contributed by atoms with Crippen molar-refractivity contribution in [1.82, 2.24) is 5.32 Å². The molecule has 0 radical (unpaired) electrons. The number of alkyl carbamates (subject to hydrolysis) is 1. The number of carboxylic acid groups (broad SMARTS) is 1. The van der Waals surface area contributed by atoms with E-state index in [1.165, 1.54) is 18.2 Å². The van der Waals surface area contributed by atoms with Crippen LogP contribution in [0.25, 0.3) is 11.1 Å². The number of amides is 2. The predicted octanol–water partition coefficient (Wildman–Crippen LogP) is 6.60. The fraction of sp³-hybridized carbons (Fsp3) is 0.182. The molecular formula is C33H29BrN2O6. The predicted molar refractivity (Wildman–Crippen MR) is 162 cm³/mol. The van der Waals surface area contributed by atoms with Gasteiger partial charge in [-0.15, -0.1) is 0 Å². The highest BCUT2D eigenvalue weighted by atomic mass is 79.9. The molecule has 3 N–H and O–H groups in total. The van der Waals surface area contributed by atoms with Gasteiger partial charge in [0, 0.05) is 10.4 Å². The maximum atomic E-state index is 13.5. The summed E-state index contributed by atoms with van der Waals surface area (Å²) in [6.45, 7) is 2.02. The first-order chi connectivity index (χ1) is 20.3. The third kappa shape index (κ3) is 6.53. The molecule has 42 heavy (non-hydrogen) atoms. The summed E-state index contributed by atoms with van der Waals surface area (Å²) in [6, 6.07) is 28.7. The maximum Gasteiger partial charge on any atom is 0.407 e. The van der Waals surface area contributed by atoms with Crippen molar-refractivity contribution in [3.63, 3.8) is 0 Å². The van der Waals surface area contributed by atoms with E-state index in [1.54, 1.807) is 6.92 Å². The second-order valence-electron chi connectivity index (χ2n) is 9.94. The third-order valence-electron chi connectivity index (χ3n) is 7.20. The Bertz CT molecular complexity index is 1560. The topological polar surface area (TPSA) is 114 Å². The molecule has 0 spiro atoms. The second kappa shape index (κ2) is 13.0. The van der Waals surface area contributed by atoms with Gasteiger partial charge in [-0.05, 0) is 68.9 Å². The average molecular weight is 630 g/mol.